The molecule has 0 radical (unpaired) electrons. The molecule has 0 aliphatic carbocycles. The van der Waals surface area contributed by atoms with Gasteiger partial charge in [0, 0.05) is 16.5 Å². The number of aromatic amines is 1. The predicted molar refractivity (Wildman–Crippen MR) is 140 cm³/mol. The van der Waals surface area contributed by atoms with Crippen molar-refractivity contribution in [3.8, 4) is 5.88 Å². The van der Waals surface area contributed by atoms with Gasteiger partial charge >= 0.3 is 7.60 Å². The fraction of sp³-hybridized carbons (Fsp3) is 0.250. The van der Waals surface area contributed by atoms with Gasteiger partial charge in [-0.3, -0.25) is 9.56 Å². The molecule has 2 aromatic carbocycles. The van der Waals surface area contributed by atoms with Crippen LogP contribution in [0.3, 0.4) is 0 Å². The summed E-state index contributed by atoms with van der Waals surface area (Å²) in [6, 6.07) is 15.1. The first-order valence-corrected chi connectivity index (χ1v) is 14.6. The molecular weight excluding hydrogens is 538 g/mol. The summed E-state index contributed by atoms with van der Waals surface area (Å²) in [5.41, 5.74) is 2.90. The number of nitrogens with zero attached hydrogens (tertiary/aromatic N) is 1. The normalized spacial score (nSPS) is 16.9. The third kappa shape index (κ3) is 4.81. The van der Waals surface area contributed by atoms with Crippen molar-refractivity contribution in [1.29, 1.82) is 0 Å². The van der Waals surface area contributed by atoms with Crippen molar-refractivity contribution >= 4 is 54.3 Å². The quantitative estimate of drug-likeness (QED) is 0.210. The second-order valence-electron chi connectivity index (χ2n) is 7.16. The van der Waals surface area contributed by atoms with E-state index in [0.717, 1.165) is 22.9 Å². The van der Waals surface area contributed by atoms with Gasteiger partial charge in [0.2, 0.25) is 0 Å². The van der Waals surface area contributed by atoms with Gasteiger partial charge in [0.1, 0.15) is 0 Å². The molecule has 4 rings (SSSR count). The van der Waals surface area contributed by atoms with Crippen LogP contribution in [0.15, 0.2) is 63.7 Å². The van der Waals surface area contributed by atoms with Crippen molar-refractivity contribution in [3.63, 3.8) is 0 Å². The van der Waals surface area contributed by atoms with Crippen LogP contribution in [0, 0.1) is 0 Å². The Bertz CT molecular complexity index is 1220. The number of aromatic hydroxyl groups is 1. The molecule has 2 heterocycles. The SMILES string of the molecule is CCOP(=O)(OCC)c1ccc2[nH]c(O)c(C(=NC3C=CI=CC3)c3ccccc3)c2c1. The lowest BCUT2D eigenvalue weighted by Crippen LogP contribution is -2.12. The highest BCUT2D eigenvalue weighted by Crippen LogP contribution is 2.47. The standard InChI is InChI=1S/C24H26IN2O4P/c1-3-30-32(29,31-4-2)19-10-11-21-20(16-19)22(24(28)27-21)23(17-8-6-5-7-9-17)26-18-12-14-25-15-13-18/h5-12,14-16,18,27-28H,3-4,13H2,1-2H3. The molecule has 0 spiro atoms. The van der Waals surface area contributed by atoms with Gasteiger partial charge in [0.15, 0.2) is 5.88 Å². The van der Waals surface area contributed by atoms with Gasteiger partial charge in [-0.25, -0.2) is 0 Å². The van der Waals surface area contributed by atoms with Crippen LogP contribution in [0.4, 0.5) is 0 Å². The van der Waals surface area contributed by atoms with E-state index in [9.17, 15) is 9.67 Å². The highest BCUT2D eigenvalue weighted by Gasteiger charge is 2.28. The van der Waals surface area contributed by atoms with Crippen molar-refractivity contribution in [2.45, 2.75) is 26.3 Å². The molecule has 168 valence electrons. The Morgan fingerprint density at radius 2 is 1.94 bits per heavy atom. The Kier molecular flexibility index (Phi) is 7.40. The molecule has 1 aromatic heterocycles. The average molecular weight is 564 g/mol. The van der Waals surface area contributed by atoms with Crippen molar-refractivity contribution in [2.75, 3.05) is 13.2 Å². The summed E-state index contributed by atoms with van der Waals surface area (Å²) < 4.78 is 29.0. The van der Waals surface area contributed by atoms with Crippen molar-refractivity contribution in [2.24, 2.45) is 4.99 Å². The molecule has 32 heavy (non-hydrogen) atoms. The second kappa shape index (κ2) is 10.3. The summed E-state index contributed by atoms with van der Waals surface area (Å²) in [4.78, 5) is 8.07. The molecule has 1 atom stereocenters. The maximum Gasteiger partial charge on any atom is 0.361 e. The Morgan fingerprint density at radius 1 is 1.19 bits per heavy atom. The first-order valence-electron chi connectivity index (χ1n) is 10.5. The van der Waals surface area contributed by atoms with Crippen LogP contribution in [0.25, 0.3) is 10.9 Å². The number of benzene rings is 2. The van der Waals surface area contributed by atoms with Crippen LogP contribution in [0.2, 0.25) is 0 Å². The summed E-state index contributed by atoms with van der Waals surface area (Å²) >= 11 is 0.0105. The van der Waals surface area contributed by atoms with Crippen molar-refractivity contribution < 1.29 is 18.7 Å². The third-order valence-electron chi connectivity index (χ3n) is 5.04. The molecule has 0 fully saturated rings. The van der Waals surface area contributed by atoms with E-state index in [4.69, 9.17) is 14.0 Å². The van der Waals surface area contributed by atoms with Crippen LogP contribution in [-0.2, 0) is 13.6 Å². The van der Waals surface area contributed by atoms with Gasteiger partial charge < -0.3 is 19.1 Å². The van der Waals surface area contributed by atoms with Crippen LogP contribution < -0.4 is 5.30 Å². The Hall–Kier alpha value is -2.06. The Labute approximate surface area is 197 Å². The molecule has 3 aromatic rings. The number of rotatable bonds is 8. The van der Waals surface area contributed by atoms with E-state index >= 15 is 0 Å². The molecule has 0 saturated carbocycles. The van der Waals surface area contributed by atoms with E-state index < -0.39 is 7.60 Å². The van der Waals surface area contributed by atoms with Crippen molar-refractivity contribution in [1.82, 2.24) is 4.98 Å². The molecule has 1 unspecified atom stereocenters. The van der Waals surface area contributed by atoms with Gasteiger partial charge in [0.05, 0.1) is 35.8 Å². The second-order valence-corrected chi connectivity index (χ2v) is 11.5. The summed E-state index contributed by atoms with van der Waals surface area (Å²) in [6.45, 7) is 4.11. The first kappa shape index (κ1) is 23.1. The molecular formula is C24H26IN2O4P. The minimum atomic E-state index is -3.47. The summed E-state index contributed by atoms with van der Waals surface area (Å²) in [5.74, 6) is 0.0265. The van der Waals surface area contributed by atoms with Crippen LogP contribution in [0.1, 0.15) is 31.4 Å². The maximum atomic E-state index is 13.4. The number of hydrogen-bond donors (Lipinski definition) is 2. The molecule has 1 aliphatic heterocycles. The molecule has 0 amide bonds. The van der Waals surface area contributed by atoms with Crippen LogP contribution in [0.5, 0.6) is 5.88 Å². The van der Waals surface area contributed by atoms with E-state index in [1.165, 1.54) is 0 Å². The summed E-state index contributed by atoms with van der Waals surface area (Å²) in [7, 11) is -3.47. The zero-order valence-corrected chi connectivity index (χ0v) is 21.0. The molecule has 6 nitrogen and oxygen atoms in total. The first-order chi connectivity index (χ1) is 15.6. The molecule has 8 heteroatoms. The van der Waals surface area contributed by atoms with E-state index in [1.807, 2.05) is 30.3 Å². The van der Waals surface area contributed by atoms with Gasteiger partial charge in [-0.15, -0.1) is 0 Å². The summed E-state index contributed by atoms with van der Waals surface area (Å²) in [5, 5.41) is 12.1. The highest BCUT2D eigenvalue weighted by molar-refractivity contribution is 14.2. The lowest BCUT2D eigenvalue weighted by Gasteiger charge is -2.17. The van der Waals surface area contributed by atoms with Crippen LogP contribution >= 0.6 is 28.3 Å². The zero-order chi connectivity index (χ0) is 22.6. The Morgan fingerprint density at radius 3 is 2.59 bits per heavy atom. The fourth-order valence-electron chi connectivity index (χ4n) is 3.64. The Balaban J connectivity index is 1.91. The lowest BCUT2D eigenvalue weighted by atomic mass is 10.0. The number of fused-ring (bicyclic) bond motifs is 1. The number of H-pyrrole nitrogens is 1. The minimum absolute atomic E-state index is 0.0105. The van der Waals surface area contributed by atoms with Gasteiger partial charge in [-0.2, -0.15) is 0 Å². The molecule has 0 bridgehead atoms. The van der Waals surface area contributed by atoms with Gasteiger partial charge in [-0.1, -0.05) is 57.1 Å². The van der Waals surface area contributed by atoms with Gasteiger partial charge in [-0.05, 0) is 46.6 Å². The van der Waals surface area contributed by atoms with Crippen molar-refractivity contribution in [3.05, 3.63) is 69.8 Å². The number of aliphatic imine (C=N–C) groups is 1. The largest absolute Gasteiger partial charge is 0.494 e. The number of nitrogens with one attached hydrogen (secondary N) is 1. The minimum Gasteiger partial charge on any atom is -0.494 e. The fourth-order valence-corrected chi connectivity index (χ4v) is 7.07. The molecule has 2 N–H and O–H groups in total. The maximum absolute atomic E-state index is 13.4. The highest BCUT2D eigenvalue weighted by atomic mass is 127. The number of aromatic nitrogens is 1. The predicted octanol–water partition coefficient (Wildman–Crippen LogP) is 5.66. The summed E-state index contributed by atoms with van der Waals surface area (Å²) in [6.07, 6.45) is 3.03. The molecule has 1 aliphatic rings. The average Bonchev–Trinajstić information content (AvgIpc) is 3.14. The number of halogens is 1. The number of hydrogen-bond acceptors (Lipinski definition) is 5. The third-order valence-corrected chi connectivity index (χ3v) is 9.00. The lowest BCUT2D eigenvalue weighted by molar-refractivity contribution is 0.230. The molecule has 0 saturated heterocycles. The van der Waals surface area contributed by atoms with E-state index in [1.54, 1.807) is 32.0 Å². The van der Waals surface area contributed by atoms with E-state index in [2.05, 4.69) is 19.2 Å². The van der Waals surface area contributed by atoms with E-state index in [0.29, 0.717) is 16.6 Å². The van der Waals surface area contributed by atoms with Gasteiger partial charge in [0.25, 0.3) is 0 Å². The zero-order valence-electron chi connectivity index (χ0n) is 18.0. The smallest absolute Gasteiger partial charge is 0.361 e. The monoisotopic (exact) mass is 564 g/mol. The van der Waals surface area contributed by atoms with E-state index in [-0.39, 0.29) is 45.9 Å². The topological polar surface area (TPSA) is 83.9 Å². The van der Waals surface area contributed by atoms with Crippen LogP contribution in [-0.4, -0.2) is 39.1 Å².